The number of hydrogen-bond donors (Lipinski definition) is 11. The maximum Gasteiger partial charge on any atom is 0.326 e. The normalized spacial score (nSPS) is 12.1. The number of carboxylic acids is 5. The van der Waals surface area contributed by atoms with E-state index in [2.05, 4.69) is 31.9 Å². The second kappa shape index (κ2) is 76.0. The van der Waals surface area contributed by atoms with Crippen LogP contribution in [0.5, 0.6) is 0 Å². The summed E-state index contributed by atoms with van der Waals surface area (Å²) in [6.07, 6.45) is 21.0. The Hall–Kier alpha value is -6.98. The fourth-order valence-corrected chi connectivity index (χ4v) is 11.0. The third-order valence-electron chi connectivity index (χ3n) is 17.4. The maximum absolute atomic E-state index is 12.8. The van der Waals surface area contributed by atoms with Crippen molar-refractivity contribution in [2.45, 2.75) is 257 Å². The zero-order valence-corrected chi connectivity index (χ0v) is 66.1. The van der Waals surface area contributed by atoms with Crippen LogP contribution in [0.2, 0.25) is 0 Å². The first-order valence-corrected chi connectivity index (χ1v) is 39.7. The lowest BCUT2D eigenvalue weighted by Crippen LogP contribution is -2.41. The van der Waals surface area contributed by atoms with E-state index in [1.807, 2.05) is 6.92 Å². The first kappa shape index (κ1) is 105. The molecule has 33 nitrogen and oxygen atoms in total. The summed E-state index contributed by atoms with van der Waals surface area (Å²) < 4.78 is 42.0. The Balaban J connectivity index is 0. The summed E-state index contributed by atoms with van der Waals surface area (Å²) in [5.41, 5.74) is 0. The average Bonchev–Trinajstić information content (AvgIpc) is 0.937. The van der Waals surface area contributed by atoms with E-state index in [1.165, 1.54) is 0 Å². The summed E-state index contributed by atoms with van der Waals surface area (Å²) >= 11 is 0. The van der Waals surface area contributed by atoms with Crippen LogP contribution in [-0.2, 0) is 105 Å². The molecule has 0 saturated carbocycles. The molecule has 0 spiro atoms. The van der Waals surface area contributed by atoms with Crippen molar-refractivity contribution < 1.29 is 131 Å². The minimum atomic E-state index is -1.19. The highest BCUT2D eigenvalue weighted by molar-refractivity contribution is 5.86. The highest BCUT2D eigenvalue weighted by atomic mass is 16.5. The van der Waals surface area contributed by atoms with Gasteiger partial charge in [0.05, 0.1) is 70.7 Å². The number of ether oxygens (including phenoxy) is 8. The zero-order valence-electron chi connectivity index (χ0n) is 66.1. The molecule has 0 saturated heterocycles. The molecular weight excluding hydrogens is 1440 g/mol. The quantitative estimate of drug-likeness (QED) is 0.0284. The number of ketones is 4. The molecule has 0 rings (SSSR count). The van der Waals surface area contributed by atoms with E-state index in [1.54, 1.807) is 14.2 Å². The van der Waals surface area contributed by atoms with Crippen molar-refractivity contribution in [1.82, 2.24) is 31.9 Å². The number of nitrogens with one attached hydrogen (secondary N) is 6. The summed E-state index contributed by atoms with van der Waals surface area (Å²) in [5.74, 6) is -8.03. The molecule has 5 amide bonds. The van der Waals surface area contributed by atoms with Gasteiger partial charge in [0.15, 0.2) is 5.78 Å². The monoisotopic (exact) mass is 1580 g/mol. The van der Waals surface area contributed by atoms with Crippen LogP contribution >= 0.6 is 0 Å². The molecule has 0 bridgehead atoms. The lowest BCUT2D eigenvalue weighted by molar-refractivity contribution is -0.144. The summed E-state index contributed by atoms with van der Waals surface area (Å²) in [6, 6.07) is -1.52. The molecule has 0 aliphatic rings. The third kappa shape index (κ3) is 72.6. The minimum absolute atomic E-state index is 0.00159. The van der Waals surface area contributed by atoms with Crippen molar-refractivity contribution in [3.8, 4) is 0 Å². The first-order valence-electron chi connectivity index (χ1n) is 39.7. The lowest BCUT2D eigenvalue weighted by atomic mass is 9.93. The van der Waals surface area contributed by atoms with Gasteiger partial charge in [-0.05, 0) is 104 Å². The number of carboxylic acid groups (broad SMARTS) is 5. The van der Waals surface area contributed by atoms with Crippen molar-refractivity contribution in [1.29, 1.82) is 0 Å². The summed E-state index contributed by atoms with van der Waals surface area (Å²) in [6.45, 7) is 5.96. The standard InChI is InChI=1S/C49H87N5O17.C28H49NO10/c1-3-67-35-44(58)51-27-15-13-19-40(50-2)42(56)25-22-38(48(63)64)17-12-14-26-52-45(59)36-71-34-32-69-30-28-53-46(60)37-70-33-31-68-29-16-18-39(55)23-24-41(49(65)66)54-43(57)20-10-8-6-4-5-7-9-11-21-47(61)62;1-37-17-10-12-25(31)22-39-20-19-38-18-16-29-26(32)15-14-23(28(35)36)21-24(30)11-8-6-4-2-3-5-7-9-13-27(33)34/h38,40-41,50H,3-37H2,1-2H3,(H,51,58)(H,52,59)(H,53,60)(H,54,57)(H,61,62)(H,63,64)(H,65,66);23H,2-22H2,1H3,(H,29,32)(H,33,34)(H,35,36)/t38-,40+,41+;23-/m11/s1. The number of carbonyl (C=O) groups is 14. The lowest BCUT2D eigenvalue weighted by Gasteiger charge is -2.17. The first-order chi connectivity index (χ1) is 52.9. The number of methoxy groups -OCH3 is 1. The van der Waals surface area contributed by atoms with Crippen molar-refractivity contribution >= 4 is 82.5 Å². The number of amides is 5. The van der Waals surface area contributed by atoms with E-state index in [0.29, 0.717) is 110 Å². The summed E-state index contributed by atoms with van der Waals surface area (Å²) in [5, 5.41) is 62.2. The van der Waals surface area contributed by atoms with Gasteiger partial charge < -0.3 is 95.3 Å². The van der Waals surface area contributed by atoms with Crippen LogP contribution in [0.4, 0.5) is 0 Å². The van der Waals surface area contributed by atoms with Gasteiger partial charge in [0, 0.05) is 117 Å². The fraction of sp³-hybridized carbons (Fsp3) is 0.818. The van der Waals surface area contributed by atoms with Crippen LogP contribution in [0, 0.1) is 11.8 Å². The third-order valence-corrected chi connectivity index (χ3v) is 17.4. The van der Waals surface area contributed by atoms with E-state index in [9.17, 15) is 82.4 Å². The molecule has 11 N–H and O–H groups in total. The van der Waals surface area contributed by atoms with Crippen LogP contribution in [0.15, 0.2) is 0 Å². The molecule has 0 unspecified atom stereocenters. The number of rotatable bonds is 81. The molecule has 0 aromatic carbocycles. The molecule has 0 fully saturated rings. The smallest absolute Gasteiger partial charge is 0.326 e. The van der Waals surface area contributed by atoms with Crippen molar-refractivity contribution in [2.24, 2.45) is 11.8 Å². The average molecular weight is 1580 g/mol. The maximum atomic E-state index is 12.8. The highest BCUT2D eigenvalue weighted by Crippen LogP contribution is 2.19. The van der Waals surface area contributed by atoms with Crippen LogP contribution in [0.25, 0.3) is 0 Å². The number of unbranched alkanes of at least 4 members (excludes halogenated alkanes) is 16. The number of likely N-dealkylation sites (N-methyl/N-ethyl adjacent to an activating group) is 1. The molecule has 0 aromatic rings. The Morgan fingerprint density at radius 1 is 0.300 bits per heavy atom. The van der Waals surface area contributed by atoms with Crippen molar-refractivity contribution in [2.75, 3.05) is 139 Å². The second-order valence-corrected chi connectivity index (χ2v) is 26.9. The van der Waals surface area contributed by atoms with Gasteiger partial charge in [-0.1, -0.05) is 83.5 Å². The Kier molecular flexibility index (Phi) is 72.6. The van der Waals surface area contributed by atoms with Crippen LogP contribution in [-0.4, -0.2) is 260 Å². The molecule has 4 atom stereocenters. The van der Waals surface area contributed by atoms with Gasteiger partial charge in [-0.15, -0.1) is 0 Å². The Morgan fingerprint density at radius 2 is 0.718 bits per heavy atom. The Morgan fingerprint density at radius 3 is 1.21 bits per heavy atom. The number of aliphatic carboxylic acids is 5. The van der Waals surface area contributed by atoms with Crippen LogP contribution < -0.4 is 31.9 Å². The minimum Gasteiger partial charge on any atom is -0.481 e. The van der Waals surface area contributed by atoms with E-state index < -0.39 is 47.7 Å². The highest BCUT2D eigenvalue weighted by Gasteiger charge is 2.25. The van der Waals surface area contributed by atoms with Gasteiger partial charge >= 0.3 is 29.8 Å². The van der Waals surface area contributed by atoms with Gasteiger partial charge in [-0.3, -0.25) is 62.3 Å². The number of hydrogen-bond acceptors (Lipinski definition) is 23. The van der Waals surface area contributed by atoms with E-state index >= 15 is 0 Å². The molecule has 0 aromatic heterocycles. The SMILES string of the molecule is CCOCC(=O)NCCCC[C@H](NC)C(=O)CC[C@@H](CCCCNC(=O)COCCOCCNC(=O)COCCOCCCC(=O)CC[C@H](NC(=O)CCCCCCCCCCC(=O)O)C(=O)O)C(=O)O.COCCCC(=O)COCCOCCNC(=O)CC[C@H](CC(=O)CCCCCCCCCCC(=O)O)C(=O)O. The Bertz CT molecular complexity index is 2510. The van der Waals surface area contributed by atoms with Gasteiger partial charge in [0.25, 0.3) is 0 Å². The zero-order chi connectivity index (χ0) is 81.9. The van der Waals surface area contributed by atoms with E-state index in [4.69, 9.17) is 48.1 Å². The summed E-state index contributed by atoms with van der Waals surface area (Å²) in [4.78, 5) is 165. The molecule has 0 aliphatic heterocycles. The van der Waals surface area contributed by atoms with Crippen molar-refractivity contribution in [3.63, 3.8) is 0 Å². The Labute approximate surface area is 650 Å². The van der Waals surface area contributed by atoms with Crippen LogP contribution in [0.1, 0.15) is 244 Å². The number of carbonyl (C=O) groups excluding carboxylic acids is 9. The predicted molar refractivity (Wildman–Crippen MR) is 406 cm³/mol. The van der Waals surface area contributed by atoms with Gasteiger partial charge in [-0.25, -0.2) is 4.79 Å². The molecule has 0 heterocycles. The molecule has 0 radical (unpaired) electrons. The molecule has 0 aliphatic carbocycles. The largest absolute Gasteiger partial charge is 0.481 e. The molecule has 636 valence electrons. The van der Waals surface area contributed by atoms with E-state index in [-0.39, 0.29) is 222 Å². The molecular formula is C77H136N6O27. The van der Waals surface area contributed by atoms with Gasteiger partial charge in [0.2, 0.25) is 29.5 Å². The molecule has 33 heteroatoms. The second-order valence-electron chi connectivity index (χ2n) is 26.9. The van der Waals surface area contributed by atoms with Crippen LogP contribution in [0.3, 0.4) is 0 Å². The van der Waals surface area contributed by atoms with Gasteiger partial charge in [-0.2, -0.15) is 0 Å². The fourth-order valence-electron chi connectivity index (χ4n) is 11.0. The molecule has 110 heavy (non-hydrogen) atoms. The van der Waals surface area contributed by atoms with Crippen molar-refractivity contribution in [3.05, 3.63) is 0 Å². The van der Waals surface area contributed by atoms with Gasteiger partial charge in [0.1, 0.15) is 49.8 Å². The topological polar surface area (TPSA) is 486 Å². The number of Topliss-reactive ketones (excluding diaryl/α,β-unsaturated/α-hetero) is 4. The predicted octanol–water partition coefficient (Wildman–Crippen LogP) is 6.66. The van der Waals surface area contributed by atoms with E-state index in [0.717, 1.165) is 89.9 Å². The summed E-state index contributed by atoms with van der Waals surface area (Å²) in [7, 11) is 3.28.